The molecule has 0 aliphatic heterocycles. The molecule has 108 valence electrons. The fourth-order valence-electron chi connectivity index (χ4n) is 1.75. The number of nitrogens with one attached hydrogen (secondary N) is 1. The van der Waals surface area contributed by atoms with Crippen LogP contribution < -0.4 is 4.72 Å². The van der Waals surface area contributed by atoms with E-state index in [4.69, 9.17) is 28.5 Å². The average Bonchev–Trinajstić information content (AvgIpc) is 2.41. The molecule has 1 N–H and O–H groups in total. The summed E-state index contributed by atoms with van der Waals surface area (Å²) >= 11 is 11.6. The van der Waals surface area contributed by atoms with Crippen LogP contribution in [0.4, 0.5) is 5.69 Å². The molecule has 2 aromatic carbocycles. The Kier molecular flexibility index (Phi) is 4.43. The first kappa shape index (κ1) is 15.6. The van der Waals surface area contributed by atoms with E-state index >= 15 is 0 Å². The molecule has 0 aromatic heterocycles. The normalized spacial score (nSPS) is 11.0. The van der Waals surface area contributed by atoms with Gasteiger partial charge in [0.15, 0.2) is 0 Å². The van der Waals surface area contributed by atoms with Crippen molar-refractivity contribution in [3.63, 3.8) is 0 Å². The Labute approximate surface area is 133 Å². The second-order valence-electron chi connectivity index (χ2n) is 4.29. The third kappa shape index (κ3) is 3.30. The lowest BCUT2D eigenvalue weighted by Crippen LogP contribution is -2.14. The van der Waals surface area contributed by atoms with Crippen molar-refractivity contribution in [2.24, 2.45) is 0 Å². The maximum Gasteiger partial charge on any atom is 0.261 e. The lowest BCUT2D eigenvalue weighted by molar-refractivity contribution is 0.601. The number of benzene rings is 2. The van der Waals surface area contributed by atoms with E-state index in [0.29, 0.717) is 5.56 Å². The zero-order valence-corrected chi connectivity index (χ0v) is 13.2. The van der Waals surface area contributed by atoms with Crippen LogP contribution in [-0.2, 0) is 10.0 Å². The van der Waals surface area contributed by atoms with E-state index in [1.165, 1.54) is 24.3 Å². The van der Waals surface area contributed by atoms with E-state index in [-0.39, 0.29) is 26.2 Å². The molecule has 0 heterocycles. The van der Waals surface area contributed by atoms with Gasteiger partial charge in [0.05, 0.1) is 26.2 Å². The van der Waals surface area contributed by atoms with Gasteiger partial charge in [0.25, 0.3) is 10.0 Å². The number of halogens is 2. The molecule has 2 aromatic rings. The van der Waals surface area contributed by atoms with Crippen LogP contribution >= 0.6 is 23.2 Å². The molecule has 0 amide bonds. The SMILES string of the molecule is Cc1cccc(NS(=O)(=O)c2ccc(Cl)c(Cl)c2)c1C#N. The highest BCUT2D eigenvalue weighted by Gasteiger charge is 2.17. The van der Waals surface area contributed by atoms with E-state index in [0.717, 1.165) is 0 Å². The van der Waals surface area contributed by atoms with Crippen LogP contribution in [-0.4, -0.2) is 8.42 Å². The first-order chi connectivity index (χ1) is 9.85. The molecule has 0 saturated carbocycles. The summed E-state index contributed by atoms with van der Waals surface area (Å²) in [6, 6.07) is 10.9. The Morgan fingerprint density at radius 2 is 1.86 bits per heavy atom. The van der Waals surface area contributed by atoms with Crippen molar-refractivity contribution in [1.29, 1.82) is 5.26 Å². The van der Waals surface area contributed by atoms with Gasteiger partial charge in [-0.1, -0.05) is 35.3 Å². The number of anilines is 1. The number of hydrogen-bond acceptors (Lipinski definition) is 3. The molecule has 7 heteroatoms. The van der Waals surface area contributed by atoms with Gasteiger partial charge in [-0.25, -0.2) is 8.42 Å². The molecule has 21 heavy (non-hydrogen) atoms. The molecule has 0 bridgehead atoms. The third-order valence-electron chi connectivity index (χ3n) is 2.83. The van der Waals surface area contributed by atoms with Crippen molar-refractivity contribution in [2.45, 2.75) is 11.8 Å². The molecular formula is C14H10Cl2N2O2S. The predicted octanol–water partition coefficient (Wildman–Crippen LogP) is 3.97. The lowest BCUT2D eigenvalue weighted by atomic mass is 10.1. The monoisotopic (exact) mass is 340 g/mol. The number of nitrogens with zero attached hydrogens (tertiary/aromatic N) is 1. The van der Waals surface area contributed by atoms with Crippen molar-refractivity contribution in [2.75, 3.05) is 4.72 Å². The molecule has 0 unspecified atom stereocenters. The minimum atomic E-state index is -3.85. The van der Waals surface area contributed by atoms with Gasteiger partial charge in [0.1, 0.15) is 6.07 Å². The topological polar surface area (TPSA) is 70.0 Å². The van der Waals surface area contributed by atoms with E-state index < -0.39 is 10.0 Å². The molecule has 0 atom stereocenters. The number of sulfonamides is 1. The first-order valence-corrected chi connectivity index (χ1v) is 8.06. The van der Waals surface area contributed by atoms with Gasteiger partial charge in [0.2, 0.25) is 0 Å². The molecule has 4 nitrogen and oxygen atoms in total. The van der Waals surface area contributed by atoms with Gasteiger partial charge in [-0.05, 0) is 36.8 Å². The Balaban J connectivity index is 2.45. The van der Waals surface area contributed by atoms with E-state index in [1.807, 2.05) is 6.07 Å². The van der Waals surface area contributed by atoms with Crippen LogP contribution in [0.15, 0.2) is 41.3 Å². The second kappa shape index (κ2) is 5.94. The summed E-state index contributed by atoms with van der Waals surface area (Å²) < 4.78 is 27.0. The van der Waals surface area contributed by atoms with Gasteiger partial charge in [-0.15, -0.1) is 0 Å². The maximum atomic E-state index is 12.3. The highest BCUT2D eigenvalue weighted by Crippen LogP contribution is 2.27. The zero-order chi connectivity index (χ0) is 15.6. The highest BCUT2D eigenvalue weighted by atomic mass is 35.5. The van der Waals surface area contributed by atoms with Crippen molar-refractivity contribution in [1.82, 2.24) is 0 Å². The standard InChI is InChI=1S/C14H10Cl2N2O2S/c1-9-3-2-4-14(11(9)8-17)18-21(19,20)10-5-6-12(15)13(16)7-10/h2-7,18H,1H3. The first-order valence-electron chi connectivity index (χ1n) is 5.83. The number of rotatable bonds is 3. The molecule has 0 saturated heterocycles. The summed E-state index contributed by atoms with van der Waals surface area (Å²) in [6.07, 6.45) is 0. The Morgan fingerprint density at radius 3 is 2.48 bits per heavy atom. The fraction of sp³-hybridized carbons (Fsp3) is 0.0714. The van der Waals surface area contributed by atoms with Crippen molar-refractivity contribution in [3.8, 4) is 6.07 Å². The minimum absolute atomic E-state index is 0.0257. The second-order valence-corrected chi connectivity index (χ2v) is 6.79. The largest absolute Gasteiger partial charge is 0.278 e. The van der Waals surface area contributed by atoms with Crippen molar-refractivity contribution >= 4 is 38.9 Å². The molecular weight excluding hydrogens is 331 g/mol. The van der Waals surface area contributed by atoms with Crippen LogP contribution in [0, 0.1) is 18.3 Å². The minimum Gasteiger partial charge on any atom is -0.278 e. The Hall–Kier alpha value is -1.74. The van der Waals surface area contributed by atoms with Crippen LogP contribution in [0.25, 0.3) is 0 Å². The predicted molar refractivity (Wildman–Crippen MR) is 83.2 cm³/mol. The molecule has 0 aliphatic rings. The van der Waals surface area contributed by atoms with Crippen molar-refractivity contribution < 1.29 is 8.42 Å². The zero-order valence-electron chi connectivity index (χ0n) is 10.9. The summed E-state index contributed by atoms with van der Waals surface area (Å²) in [7, 11) is -3.85. The molecule has 0 radical (unpaired) electrons. The summed E-state index contributed by atoms with van der Waals surface area (Å²) in [5.74, 6) is 0. The quantitative estimate of drug-likeness (QED) is 0.918. The third-order valence-corrected chi connectivity index (χ3v) is 4.93. The highest BCUT2D eigenvalue weighted by molar-refractivity contribution is 7.92. The molecule has 0 spiro atoms. The van der Waals surface area contributed by atoms with Crippen LogP contribution in [0.5, 0.6) is 0 Å². The number of aryl methyl sites for hydroxylation is 1. The summed E-state index contributed by atoms with van der Waals surface area (Å²) in [5, 5.41) is 9.53. The fourth-order valence-corrected chi connectivity index (χ4v) is 3.21. The van der Waals surface area contributed by atoms with Gasteiger partial charge in [-0.3, -0.25) is 4.72 Å². The van der Waals surface area contributed by atoms with E-state index in [2.05, 4.69) is 4.72 Å². The van der Waals surface area contributed by atoms with Gasteiger partial charge >= 0.3 is 0 Å². The maximum absolute atomic E-state index is 12.3. The lowest BCUT2D eigenvalue weighted by Gasteiger charge is -2.11. The van der Waals surface area contributed by atoms with Gasteiger partial charge in [0, 0.05) is 0 Å². The van der Waals surface area contributed by atoms with E-state index in [1.54, 1.807) is 19.1 Å². The smallest absolute Gasteiger partial charge is 0.261 e. The summed E-state index contributed by atoms with van der Waals surface area (Å²) in [5.41, 5.74) is 1.19. The Morgan fingerprint density at radius 1 is 1.14 bits per heavy atom. The molecule has 2 rings (SSSR count). The van der Waals surface area contributed by atoms with Crippen LogP contribution in [0.3, 0.4) is 0 Å². The van der Waals surface area contributed by atoms with Crippen LogP contribution in [0.1, 0.15) is 11.1 Å². The molecule has 0 aliphatic carbocycles. The van der Waals surface area contributed by atoms with E-state index in [9.17, 15) is 8.42 Å². The van der Waals surface area contributed by atoms with Gasteiger partial charge in [-0.2, -0.15) is 5.26 Å². The van der Waals surface area contributed by atoms with Crippen LogP contribution in [0.2, 0.25) is 10.0 Å². The van der Waals surface area contributed by atoms with Gasteiger partial charge < -0.3 is 0 Å². The van der Waals surface area contributed by atoms with Crippen molar-refractivity contribution in [3.05, 3.63) is 57.6 Å². The summed E-state index contributed by atoms with van der Waals surface area (Å²) in [6.45, 7) is 1.73. The molecule has 0 fully saturated rings. The number of nitriles is 1. The average molecular weight is 341 g/mol. The Bertz CT molecular complexity index is 843. The summed E-state index contributed by atoms with van der Waals surface area (Å²) in [4.78, 5) is -0.0257. The number of hydrogen-bond donors (Lipinski definition) is 1.